The number of aliphatic hydroxyl groups is 1. The second kappa shape index (κ2) is 14.1. The average molecular weight is 621 g/mol. The van der Waals surface area contributed by atoms with Crippen molar-refractivity contribution >= 4 is 27.3 Å². The molecule has 0 aliphatic carbocycles. The molecule has 4 rings (SSSR count). The Morgan fingerprint density at radius 3 is 2.47 bits per heavy atom. The van der Waals surface area contributed by atoms with Gasteiger partial charge in [0.1, 0.15) is 5.75 Å². The number of nitrogens with zero attached hydrogens (tertiary/aromatic N) is 1. The summed E-state index contributed by atoms with van der Waals surface area (Å²) in [5.41, 5.74) is 2.59. The Morgan fingerprint density at radius 2 is 1.79 bits per heavy atom. The van der Waals surface area contributed by atoms with Gasteiger partial charge in [0.15, 0.2) is 0 Å². The lowest BCUT2D eigenvalue weighted by molar-refractivity contribution is -0.274. The minimum atomic E-state index is -4.80. The highest BCUT2D eigenvalue weighted by atomic mass is 32.2. The lowest BCUT2D eigenvalue weighted by atomic mass is 10.00. The minimum Gasteiger partial charge on any atom is -0.406 e. The van der Waals surface area contributed by atoms with Crippen LogP contribution in [0.4, 0.5) is 24.5 Å². The third-order valence-corrected chi connectivity index (χ3v) is 8.71. The standard InChI is InChI=1S/C30H35F3N4O5S/c1-2-35-24-16-23(17-25(18-24)37-12-7-13-43(37,40)41)29(39)36-27(15-21-8-4-3-5-9-21)28(38)20-34-19-22-10-6-11-26(14-22)42-30(31,32)33/h3-6,8-11,14,16-18,27-28,34-35,38H,2,7,12-13,15,19-20H2,1H3,(H,36,39)/t27-,28+/m0/s1. The highest BCUT2D eigenvalue weighted by Crippen LogP contribution is 2.29. The lowest BCUT2D eigenvalue weighted by Gasteiger charge is -2.26. The van der Waals surface area contributed by atoms with Crippen molar-refractivity contribution in [3.63, 3.8) is 0 Å². The number of rotatable bonds is 13. The van der Waals surface area contributed by atoms with Crippen molar-refractivity contribution in [3.05, 3.63) is 89.5 Å². The van der Waals surface area contributed by atoms with E-state index < -0.39 is 34.4 Å². The zero-order chi connectivity index (χ0) is 31.0. The predicted octanol–water partition coefficient (Wildman–Crippen LogP) is 4.05. The van der Waals surface area contributed by atoms with Crippen LogP contribution in [0.1, 0.15) is 34.8 Å². The summed E-state index contributed by atoms with van der Waals surface area (Å²) in [6.07, 6.45) is -5.09. The van der Waals surface area contributed by atoms with Gasteiger partial charge in [-0.3, -0.25) is 9.10 Å². The first-order chi connectivity index (χ1) is 20.4. The van der Waals surface area contributed by atoms with Crippen LogP contribution >= 0.6 is 0 Å². The molecule has 0 unspecified atom stereocenters. The Labute approximate surface area is 249 Å². The SMILES string of the molecule is CCNc1cc(C(=O)N[C@@H](Cc2ccccc2)[C@H](O)CNCc2cccc(OC(F)(F)F)c2)cc(N2CCCS2(=O)=O)c1. The first-order valence-electron chi connectivity index (χ1n) is 13.9. The number of carbonyl (C=O) groups excluding carboxylic acids is 1. The molecule has 1 saturated heterocycles. The number of carbonyl (C=O) groups is 1. The summed E-state index contributed by atoms with van der Waals surface area (Å²) in [6.45, 7) is 2.94. The zero-order valence-electron chi connectivity index (χ0n) is 23.6. The molecule has 0 aromatic heterocycles. The van der Waals surface area contributed by atoms with E-state index in [1.54, 1.807) is 18.2 Å². The second-order valence-corrected chi connectivity index (χ2v) is 12.2. The summed E-state index contributed by atoms with van der Waals surface area (Å²) < 4.78 is 68.2. The van der Waals surface area contributed by atoms with Gasteiger partial charge >= 0.3 is 6.36 Å². The highest BCUT2D eigenvalue weighted by molar-refractivity contribution is 7.93. The van der Waals surface area contributed by atoms with Gasteiger partial charge in [-0.1, -0.05) is 42.5 Å². The average Bonchev–Trinajstić information content (AvgIpc) is 3.31. The second-order valence-electron chi connectivity index (χ2n) is 10.2. The molecule has 43 heavy (non-hydrogen) atoms. The van der Waals surface area contributed by atoms with Crippen LogP contribution in [0.2, 0.25) is 0 Å². The Balaban J connectivity index is 1.49. The van der Waals surface area contributed by atoms with Gasteiger partial charge in [0.05, 0.1) is 23.6 Å². The van der Waals surface area contributed by atoms with Crippen molar-refractivity contribution in [2.75, 3.05) is 35.0 Å². The molecule has 0 radical (unpaired) electrons. The van der Waals surface area contributed by atoms with E-state index in [4.69, 9.17) is 0 Å². The topological polar surface area (TPSA) is 120 Å². The maximum atomic E-state index is 13.5. The molecule has 4 N–H and O–H groups in total. The molecule has 9 nitrogen and oxygen atoms in total. The fourth-order valence-electron chi connectivity index (χ4n) is 4.88. The van der Waals surface area contributed by atoms with Gasteiger partial charge in [-0.25, -0.2) is 8.42 Å². The first kappa shape index (κ1) is 32.1. The smallest absolute Gasteiger partial charge is 0.406 e. The third-order valence-electron chi connectivity index (χ3n) is 6.84. The molecule has 232 valence electrons. The van der Waals surface area contributed by atoms with Crippen LogP contribution in [-0.2, 0) is 23.0 Å². The van der Waals surface area contributed by atoms with Crippen LogP contribution in [-0.4, -0.2) is 63.3 Å². The van der Waals surface area contributed by atoms with Crippen molar-refractivity contribution in [2.24, 2.45) is 0 Å². The molecule has 1 aliphatic heterocycles. The molecule has 3 aromatic carbocycles. The highest BCUT2D eigenvalue weighted by Gasteiger charge is 2.31. The van der Waals surface area contributed by atoms with E-state index in [0.717, 1.165) is 5.56 Å². The molecule has 0 spiro atoms. The number of benzene rings is 3. The molecule has 3 aromatic rings. The van der Waals surface area contributed by atoms with Crippen LogP contribution in [0.15, 0.2) is 72.8 Å². The van der Waals surface area contributed by atoms with Crippen molar-refractivity contribution in [1.82, 2.24) is 10.6 Å². The van der Waals surface area contributed by atoms with Gasteiger partial charge in [0.2, 0.25) is 10.0 Å². The van der Waals surface area contributed by atoms with Gasteiger partial charge in [-0.05, 0) is 61.2 Å². The van der Waals surface area contributed by atoms with Gasteiger partial charge < -0.3 is 25.8 Å². The van der Waals surface area contributed by atoms with E-state index in [0.29, 0.717) is 42.9 Å². The number of ether oxygens (including phenoxy) is 1. The number of anilines is 2. The van der Waals surface area contributed by atoms with E-state index >= 15 is 0 Å². The lowest BCUT2D eigenvalue weighted by Crippen LogP contribution is -2.48. The minimum absolute atomic E-state index is 0.0246. The van der Waals surface area contributed by atoms with Gasteiger partial charge in [-0.2, -0.15) is 0 Å². The number of halogens is 3. The fourth-order valence-corrected chi connectivity index (χ4v) is 6.43. The number of nitrogens with one attached hydrogen (secondary N) is 3. The van der Waals surface area contributed by atoms with Crippen molar-refractivity contribution in [1.29, 1.82) is 0 Å². The van der Waals surface area contributed by atoms with E-state index in [2.05, 4.69) is 20.7 Å². The van der Waals surface area contributed by atoms with Crippen LogP contribution < -0.4 is 25.0 Å². The van der Waals surface area contributed by atoms with E-state index in [9.17, 15) is 31.5 Å². The molecule has 0 bridgehead atoms. The van der Waals surface area contributed by atoms with E-state index in [1.807, 2.05) is 37.3 Å². The normalized spacial score (nSPS) is 16.0. The quantitative estimate of drug-likeness (QED) is 0.228. The van der Waals surface area contributed by atoms with Crippen LogP contribution in [0, 0.1) is 0 Å². The summed E-state index contributed by atoms with van der Waals surface area (Å²) in [4.78, 5) is 13.5. The summed E-state index contributed by atoms with van der Waals surface area (Å²) in [6, 6.07) is 18.9. The predicted molar refractivity (Wildman–Crippen MR) is 159 cm³/mol. The third kappa shape index (κ3) is 9.34. The number of aliphatic hydroxyl groups excluding tert-OH is 1. The Kier molecular flexibility index (Phi) is 10.5. The van der Waals surface area contributed by atoms with Gasteiger partial charge in [-0.15, -0.1) is 13.2 Å². The van der Waals surface area contributed by atoms with Crippen LogP contribution in [0.5, 0.6) is 5.75 Å². The summed E-state index contributed by atoms with van der Waals surface area (Å²) in [5.74, 6) is -0.796. The maximum Gasteiger partial charge on any atom is 0.573 e. The van der Waals surface area contributed by atoms with Crippen molar-refractivity contribution in [3.8, 4) is 5.75 Å². The van der Waals surface area contributed by atoms with Crippen LogP contribution in [0.3, 0.4) is 0 Å². The molecule has 1 fully saturated rings. The van der Waals surface area contributed by atoms with E-state index in [-0.39, 0.29) is 30.2 Å². The molecule has 1 heterocycles. The van der Waals surface area contributed by atoms with Gasteiger partial charge in [0, 0.05) is 37.4 Å². The van der Waals surface area contributed by atoms with Gasteiger partial charge in [0.25, 0.3) is 5.91 Å². The van der Waals surface area contributed by atoms with Crippen molar-refractivity contribution < 1.29 is 36.2 Å². The molecule has 2 atom stereocenters. The van der Waals surface area contributed by atoms with Crippen molar-refractivity contribution in [2.45, 2.75) is 44.8 Å². The largest absolute Gasteiger partial charge is 0.573 e. The zero-order valence-corrected chi connectivity index (χ0v) is 24.4. The molecular formula is C30H35F3N4O5S. The summed E-state index contributed by atoms with van der Waals surface area (Å²) in [7, 11) is -3.47. The molecule has 1 amide bonds. The number of hydrogen-bond acceptors (Lipinski definition) is 7. The maximum absolute atomic E-state index is 13.5. The molecule has 0 saturated carbocycles. The summed E-state index contributed by atoms with van der Waals surface area (Å²) >= 11 is 0. The molecule has 1 aliphatic rings. The monoisotopic (exact) mass is 620 g/mol. The molecule has 13 heteroatoms. The Hall–Kier alpha value is -3.81. The summed E-state index contributed by atoms with van der Waals surface area (Å²) in [5, 5.41) is 20.2. The number of hydrogen-bond donors (Lipinski definition) is 4. The number of sulfonamides is 1. The molecular weight excluding hydrogens is 585 g/mol. The first-order valence-corrected chi connectivity index (χ1v) is 15.5. The Morgan fingerprint density at radius 1 is 1.05 bits per heavy atom. The Bertz CT molecular complexity index is 1490. The number of amides is 1. The van der Waals surface area contributed by atoms with E-state index in [1.165, 1.54) is 28.6 Å². The van der Waals surface area contributed by atoms with Crippen LogP contribution in [0.25, 0.3) is 0 Å². The number of alkyl halides is 3. The fraction of sp³-hybridized carbons (Fsp3) is 0.367.